The second-order valence-electron chi connectivity index (χ2n) is 6.40. The Balaban J connectivity index is 1.94. The van der Waals surface area contributed by atoms with Gasteiger partial charge >= 0.3 is 5.97 Å². The van der Waals surface area contributed by atoms with Gasteiger partial charge in [-0.2, -0.15) is 0 Å². The Morgan fingerprint density at radius 3 is 2.40 bits per heavy atom. The molecule has 1 aliphatic heterocycles. The van der Waals surface area contributed by atoms with E-state index >= 15 is 0 Å². The Morgan fingerprint density at radius 1 is 1.12 bits per heavy atom. The van der Waals surface area contributed by atoms with E-state index < -0.39 is 0 Å². The molecule has 1 unspecified atom stereocenters. The molecule has 0 aliphatic carbocycles. The monoisotopic (exact) mass is 337 g/mol. The van der Waals surface area contributed by atoms with Crippen LogP contribution in [0, 0.1) is 0 Å². The number of fused-ring (bicyclic) bond motifs is 1. The van der Waals surface area contributed by atoms with E-state index in [2.05, 4.69) is 13.0 Å². The van der Waals surface area contributed by atoms with Gasteiger partial charge in [-0.05, 0) is 60.2 Å². The number of hydrogen-bond acceptors (Lipinski definition) is 3. The number of methoxy groups -OCH3 is 1. The normalized spacial score (nSPS) is 16.3. The summed E-state index contributed by atoms with van der Waals surface area (Å²) in [4.78, 5) is 25.6. The highest BCUT2D eigenvalue weighted by molar-refractivity contribution is 5.94. The first-order valence-corrected chi connectivity index (χ1v) is 8.66. The molecule has 1 heterocycles. The SMILES string of the molecule is CCC1CCc2cc(-c3ccc(C(=O)OC)cc3)ccc2N1C(C)=O. The first-order chi connectivity index (χ1) is 12.0. The van der Waals surface area contributed by atoms with Crippen molar-refractivity contribution < 1.29 is 14.3 Å². The molecule has 3 rings (SSSR count). The second kappa shape index (κ2) is 7.09. The van der Waals surface area contributed by atoms with Crippen LogP contribution in [0.1, 0.15) is 42.6 Å². The molecule has 0 bridgehead atoms. The Kier molecular flexibility index (Phi) is 4.88. The predicted octanol–water partition coefficient (Wildman–Crippen LogP) is 4.22. The lowest BCUT2D eigenvalue weighted by molar-refractivity contribution is -0.117. The van der Waals surface area contributed by atoms with Crippen LogP contribution >= 0.6 is 0 Å². The number of rotatable bonds is 3. The summed E-state index contributed by atoms with van der Waals surface area (Å²) in [5.74, 6) is -0.234. The van der Waals surface area contributed by atoms with Crippen LogP contribution in [0.4, 0.5) is 5.69 Å². The standard InChI is InChI=1S/C21H23NO3/c1-4-19-11-9-18-13-17(10-12-20(18)22(19)14(2)23)15-5-7-16(8-6-15)21(24)25-3/h5-8,10,12-13,19H,4,9,11H2,1-3H3. The van der Waals surface area contributed by atoms with Crippen LogP contribution in [0.15, 0.2) is 42.5 Å². The fourth-order valence-corrected chi connectivity index (χ4v) is 3.58. The molecule has 2 aromatic carbocycles. The molecule has 0 aromatic heterocycles. The number of hydrogen-bond donors (Lipinski definition) is 0. The number of esters is 1. The van der Waals surface area contributed by atoms with Crippen LogP contribution < -0.4 is 4.90 Å². The van der Waals surface area contributed by atoms with Crippen molar-refractivity contribution >= 4 is 17.6 Å². The fraction of sp³-hybridized carbons (Fsp3) is 0.333. The summed E-state index contributed by atoms with van der Waals surface area (Å²) < 4.78 is 4.73. The molecule has 1 aliphatic rings. The molecule has 0 saturated carbocycles. The topological polar surface area (TPSA) is 46.6 Å². The summed E-state index contributed by atoms with van der Waals surface area (Å²) in [6, 6.07) is 13.9. The molecular weight excluding hydrogens is 314 g/mol. The van der Waals surface area contributed by atoms with E-state index in [9.17, 15) is 9.59 Å². The molecule has 130 valence electrons. The largest absolute Gasteiger partial charge is 0.465 e. The van der Waals surface area contributed by atoms with Gasteiger partial charge in [-0.1, -0.05) is 25.1 Å². The van der Waals surface area contributed by atoms with Crippen LogP contribution in [0.2, 0.25) is 0 Å². The van der Waals surface area contributed by atoms with Crippen LogP contribution in [0.3, 0.4) is 0 Å². The second-order valence-corrected chi connectivity index (χ2v) is 6.40. The average Bonchev–Trinajstić information content (AvgIpc) is 2.65. The zero-order valence-electron chi connectivity index (χ0n) is 14.9. The van der Waals surface area contributed by atoms with Crippen molar-refractivity contribution in [3.63, 3.8) is 0 Å². The number of carbonyl (C=O) groups excluding carboxylic acids is 2. The van der Waals surface area contributed by atoms with E-state index in [1.807, 2.05) is 29.2 Å². The summed E-state index contributed by atoms with van der Waals surface area (Å²) in [5, 5.41) is 0. The lowest BCUT2D eigenvalue weighted by atomic mass is 9.91. The summed E-state index contributed by atoms with van der Waals surface area (Å²) >= 11 is 0. The smallest absolute Gasteiger partial charge is 0.337 e. The third kappa shape index (κ3) is 3.29. The maximum absolute atomic E-state index is 12.1. The molecule has 0 radical (unpaired) electrons. The summed E-state index contributed by atoms with van der Waals surface area (Å²) in [6.07, 6.45) is 2.94. The maximum atomic E-state index is 12.1. The van der Waals surface area contributed by atoms with Gasteiger partial charge in [-0.3, -0.25) is 4.79 Å². The molecule has 0 fully saturated rings. The first-order valence-electron chi connectivity index (χ1n) is 8.66. The van der Waals surface area contributed by atoms with Gasteiger partial charge in [-0.25, -0.2) is 4.79 Å². The summed E-state index contributed by atoms with van der Waals surface area (Å²) in [6.45, 7) is 3.76. The van der Waals surface area contributed by atoms with E-state index in [0.29, 0.717) is 5.56 Å². The molecular formula is C21H23NO3. The third-order valence-electron chi connectivity index (χ3n) is 4.90. The van der Waals surface area contributed by atoms with Gasteiger partial charge in [-0.15, -0.1) is 0 Å². The van der Waals surface area contributed by atoms with Crippen molar-refractivity contribution in [3.8, 4) is 11.1 Å². The van der Waals surface area contributed by atoms with E-state index in [4.69, 9.17) is 4.74 Å². The zero-order valence-corrected chi connectivity index (χ0v) is 14.9. The quantitative estimate of drug-likeness (QED) is 0.788. The average molecular weight is 337 g/mol. The highest BCUT2D eigenvalue weighted by Crippen LogP contribution is 2.35. The van der Waals surface area contributed by atoms with E-state index in [-0.39, 0.29) is 17.9 Å². The van der Waals surface area contributed by atoms with Crippen molar-refractivity contribution in [2.75, 3.05) is 12.0 Å². The number of anilines is 1. The highest BCUT2D eigenvalue weighted by atomic mass is 16.5. The van der Waals surface area contributed by atoms with Crippen LogP contribution in [-0.2, 0) is 16.0 Å². The number of amides is 1. The van der Waals surface area contributed by atoms with Crippen molar-refractivity contribution in [2.24, 2.45) is 0 Å². The van der Waals surface area contributed by atoms with E-state index in [1.54, 1.807) is 19.1 Å². The predicted molar refractivity (Wildman–Crippen MR) is 98.8 cm³/mol. The van der Waals surface area contributed by atoms with E-state index in [0.717, 1.165) is 36.1 Å². The lowest BCUT2D eigenvalue weighted by Crippen LogP contribution is -2.42. The summed E-state index contributed by atoms with van der Waals surface area (Å²) in [7, 11) is 1.38. The minimum Gasteiger partial charge on any atom is -0.465 e. The number of nitrogens with zero attached hydrogens (tertiary/aromatic N) is 1. The van der Waals surface area contributed by atoms with Gasteiger partial charge in [0.2, 0.25) is 5.91 Å². The van der Waals surface area contributed by atoms with Crippen molar-refractivity contribution in [1.82, 2.24) is 0 Å². The van der Waals surface area contributed by atoms with Crippen LogP contribution in [-0.4, -0.2) is 25.0 Å². The Hall–Kier alpha value is -2.62. The molecule has 1 amide bonds. The van der Waals surface area contributed by atoms with Crippen molar-refractivity contribution in [3.05, 3.63) is 53.6 Å². The van der Waals surface area contributed by atoms with E-state index in [1.165, 1.54) is 12.7 Å². The number of carbonyl (C=O) groups is 2. The maximum Gasteiger partial charge on any atom is 0.337 e. The molecule has 1 atom stereocenters. The Bertz CT molecular complexity index is 795. The minimum absolute atomic E-state index is 0.1000. The molecule has 2 aromatic rings. The molecule has 0 N–H and O–H groups in total. The third-order valence-corrected chi connectivity index (χ3v) is 4.90. The zero-order chi connectivity index (χ0) is 18.0. The highest BCUT2D eigenvalue weighted by Gasteiger charge is 2.28. The molecule has 0 spiro atoms. The minimum atomic E-state index is -0.334. The molecule has 0 saturated heterocycles. The lowest BCUT2D eigenvalue weighted by Gasteiger charge is -2.36. The number of ether oxygens (including phenoxy) is 1. The van der Waals surface area contributed by atoms with Gasteiger partial charge in [0.15, 0.2) is 0 Å². The van der Waals surface area contributed by atoms with Gasteiger partial charge in [0.05, 0.1) is 12.7 Å². The van der Waals surface area contributed by atoms with Gasteiger partial charge in [0.1, 0.15) is 0 Å². The van der Waals surface area contributed by atoms with Crippen LogP contribution in [0.25, 0.3) is 11.1 Å². The van der Waals surface area contributed by atoms with Gasteiger partial charge in [0, 0.05) is 18.7 Å². The number of benzene rings is 2. The molecule has 25 heavy (non-hydrogen) atoms. The Morgan fingerprint density at radius 2 is 1.80 bits per heavy atom. The number of aryl methyl sites for hydroxylation is 1. The summed E-state index contributed by atoms with van der Waals surface area (Å²) in [5.41, 5.74) is 4.91. The van der Waals surface area contributed by atoms with Crippen molar-refractivity contribution in [2.45, 2.75) is 39.2 Å². The van der Waals surface area contributed by atoms with Crippen molar-refractivity contribution in [1.29, 1.82) is 0 Å². The van der Waals surface area contributed by atoms with Gasteiger partial charge < -0.3 is 9.64 Å². The molecule has 4 heteroatoms. The molecule has 4 nitrogen and oxygen atoms in total. The first kappa shape index (κ1) is 17.2. The fourth-order valence-electron chi connectivity index (χ4n) is 3.58. The van der Waals surface area contributed by atoms with Crippen LogP contribution in [0.5, 0.6) is 0 Å². The Labute approximate surface area is 148 Å². The van der Waals surface area contributed by atoms with Gasteiger partial charge in [0.25, 0.3) is 0 Å².